The zero-order valence-electron chi connectivity index (χ0n) is 12.9. The van der Waals surface area contributed by atoms with Gasteiger partial charge in [-0.1, -0.05) is 30.3 Å². The molecule has 0 aromatic heterocycles. The van der Waals surface area contributed by atoms with Crippen molar-refractivity contribution in [1.82, 2.24) is 4.90 Å². The molecule has 1 aliphatic carbocycles. The number of carbonyl (C=O) groups is 2. The molecule has 4 atom stereocenters. The van der Waals surface area contributed by atoms with Gasteiger partial charge in [-0.15, -0.1) is 0 Å². The number of hydrogen-bond donors (Lipinski definition) is 1. The summed E-state index contributed by atoms with van der Waals surface area (Å²) in [7, 11) is 0. The topological polar surface area (TPSA) is 57.6 Å². The average molecular weight is 341 g/mol. The van der Waals surface area contributed by atoms with Crippen LogP contribution in [0.5, 0.6) is 0 Å². The number of carboxylic acid groups (broad SMARTS) is 1. The van der Waals surface area contributed by atoms with Crippen molar-refractivity contribution in [3.05, 3.63) is 35.9 Å². The van der Waals surface area contributed by atoms with Crippen LogP contribution < -0.4 is 0 Å². The Morgan fingerprint density at radius 3 is 2.38 bits per heavy atom. The first-order valence-electron chi connectivity index (χ1n) is 7.89. The second-order valence-corrected chi connectivity index (χ2v) is 6.61. The lowest BCUT2D eigenvalue weighted by Gasteiger charge is -2.18. The van der Waals surface area contributed by atoms with Gasteiger partial charge in [0.1, 0.15) is 0 Å². The van der Waals surface area contributed by atoms with E-state index in [0.29, 0.717) is 0 Å². The van der Waals surface area contributed by atoms with Gasteiger partial charge < -0.3 is 10.0 Å². The van der Waals surface area contributed by atoms with Crippen LogP contribution in [0.25, 0.3) is 0 Å². The number of aliphatic carboxylic acids is 1. The molecule has 4 nitrogen and oxygen atoms in total. The van der Waals surface area contributed by atoms with Crippen LogP contribution in [0.3, 0.4) is 0 Å². The molecule has 1 saturated heterocycles. The fourth-order valence-corrected chi connectivity index (χ4v) is 3.52. The van der Waals surface area contributed by atoms with E-state index in [1.807, 2.05) is 30.3 Å². The second kappa shape index (κ2) is 6.11. The molecule has 1 aliphatic heterocycles. The molecule has 130 valence electrons. The van der Waals surface area contributed by atoms with Gasteiger partial charge in [0, 0.05) is 19.5 Å². The average Bonchev–Trinajstić information content (AvgIpc) is 3.11. The first-order chi connectivity index (χ1) is 11.3. The number of nitrogens with zero attached hydrogens (tertiary/aromatic N) is 1. The zero-order valence-corrected chi connectivity index (χ0v) is 12.9. The summed E-state index contributed by atoms with van der Waals surface area (Å²) in [6.07, 6.45) is -3.59. The van der Waals surface area contributed by atoms with Crippen molar-refractivity contribution in [2.24, 2.45) is 17.8 Å². The van der Waals surface area contributed by atoms with Crippen molar-refractivity contribution in [2.75, 3.05) is 13.1 Å². The molecule has 1 aromatic carbocycles. The number of halogens is 3. The Hall–Kier alpha value is -2.05. The maximum atomic E-state index is 13.0. The van der Waals surface area contributed by atoms with Crippen LogP contribution in [-0.2, 0) is 9.59 Å². The lowest BCUT2D eigenvalue weighted by atomic mass is 9.96. The second-order valence-electron chi connectivity index (χ2n) is 6.61. The Bertz CT molecular complexity index is 632. The van der Waals surface area contributed by atoms with E-state index in [1.165, 1.54) is 0 Å². The van der Waals surface area contributed by atoms with E-state index in [4.69, 9.17) is 5.11 Å². The van der Waals surface area contributed by atoms with E-state index >= 15 is 0 Å². The van der Waals surface area contributed by atoms with Crippen LogP contribution in [0.4, 0.5) is 13.2 Å². The summed E-state index contributed by atoms with van der Waals surface area (Å²) in [6.45, 7) is -0.914. The van der Waals surface area contributed by atoms with E-state index in [1.54, 1.807) is 0 Å². The van der Waals surface area contributed by atoms with Crippen molar-refractivity contribution < 1.29 is 27.9 Å². The molecule has 2 aliphatic rings. The van der Waals surface area contributed by atoms with Crippen molar-refractivity contribution in [2.45, 2.75) is 24.9 Å². The van der Waals surface area contributed by atoms with Gasteiger partial charge in [0.15, 0.2) is 0 Å². The van der Waals surface area contributed by atoms with Gasteiger partial charge in [-0.25, -0.2) is 0 Å². The van der Waals surface area contributed by atoms with E-state index in [0.717, 1.165) is 16.9 Å². The van der Waals surface area contributed by atoms with Gasteiger partial charge in [-0.05, 0) is 23.8 Å². The fourth-order valence-electron chi connectivity index (χ4n) is 3.52. The molecule has 0 bridgehead atoms. The van der Waals surface area contributed by atoms with Crippen molar-refractivity contribution >= 4 is 11.9 Å². The minimum absolute atomic E-state index is 0.133. The lowest BCUT2D eigenvalue weighted by molar-refractivity contribution is -0.188. The van der Waals surface area contributed by atoms with Gasteiger partial charge in [-0.3, -0.25) is 9.59 Å². The largest absolute Gasteiger partial charge is 0.481 e. The number of likely N-dealkylation sites (tertiary alicyclic amines) is 1. The van der Waals surface area contributed by atoms with Gasteiger partial charge >= 0.3 is 12.1 Å². The zero-order chi connectivity index (χ0) is 17.5. The summed E-state index contributed by atoms with van der Waals surface area (Å²) in [5, 5.41) is 8.99. The highest BCUT2D eigenvalue weighted by Crippen LogP contribution is 2.50. The molecule has 3 rings (SSSR count). The van der Waals surface area contributed by atoms with Gasteiger partial charge in [0.05, 0.1) is 11.8 Å². The van der Waals surface area contributed by atoms with Gasteiger partial charge in [-0.2, -0.15) is 13.2 Å². The number of rotatable bonds is 4. The third-order valence-corrected chi connectivity index (χ3v) is 5.00. The number of benzene rings is 1. The molecule has 7 heteroatoms. The molecule has 2 fully saturated rings. The molecule has 1 N–H and O–H groups in total. The highest BCUT2D eigenvalue weighted by Gasteiger charge is 2.54. The van der Waals surface area contributed by atoms with Crippen LogP contribution in [0.2, 0.25) is 0 Å². The minimum atomic E-state index is -4.61. The Kier molecular flexibility index (Phi) is 4.27. The van der Waals surface area contributed by atoms with Crippen molar-refractivity contribution in [3.63, 3.8) is 0 Å². The number of amides is 1. The van der Waals surface area contributed by atoms with Crippen LogP contribution in [0.1, 0.15) is 24.3 Å². The molecule has 1 saturated carbocycles. The monoisotopic (exact) mass is 341 g/mol. The van der Waals surface area contributed by atoms with E-state index in [9.17, 15) is 22.8 Å². The van der Waals surface area contributed by atoms with E-state index in [-0.39, 0.29) is 30.7 Å². The van der Waals surface area contributed by atoms with Crippen LogP contribution in [0.15, 0.2) is 30.3 Å². The first kappa shape index (κ1) is 16.8. The highest BCUT2D eigenvalue weighted by molar-refractivity contribution is 5.79. The van der Waals surface area contributed by atoms with Gasteiger partial charge in [0.25, 0.3) is 0 Å². The van der Waals surface area contributed by atoms with Crippen molar-refractivity contribution in [3.8, 4) is 0 Å². The Labute approximate surface area is 137 Å². The maximum Gasteiger partial charge on any atom is 0.394 e. The quantitative estimate of drug-likeness (QED) is 0.916. The lowest BCUT2D eigenvalue weighted by Crippen LogP contribution is -2.34. The van der Waals surface area contributed by atoms with Crippen LogP contribution in [-0.4, -0.2) is 41.1 Å². The number of hydrogen-bond acceptors (Lipinski definition) is 2. The molecule has 24 heavy (non-hydrogen) atoms. The molecule has 1 aromatic rings. The Morgan fingerprint density at radius 2 is 1.83 bits per heavy atom. The maximum absolute atomic E-state index is 13.0. The van der Waals surface area contributed by atoms with Crippen LogP contribution in [0, 0.1) is 17.8 Å². The number of carboxylic acids is 1. The van der Waals surface area contributed by atoms with E-state index in [2.05, 4.69) is 0 Å². The van der Waals surface area contributed by atoms with Gasteiger partial charge in [0.2, 0.25) is 5.91 Å². The van der Waals surface area contributed by atoms with E-state index < -0.39 is 30.5 Å². The Balaban J connectivity index is 1.60. The predicted octanol–water partition coefficient (Wildman–Crippen LogP) is 2.90. The van der Waals surface area contributed by atoms with Crippen LogP contribution >= 0.6 is 0 Å². The number of carbonyl (C=O) groups excluding carboxylic acids is 1. The third kappa shape index (κ3) is 3.39. The summed E-state index contributed by atoms with van der Waals surface area (Å²) < 4.78 is 38.9. The normalized spacial score (nSPS) is 29.5. The smallest absolute Gasteiger partial charge is 0.394 e. The SMILES string of the molecule is O=C(O)[C@@H]1CN(C(=O)C[C@@H]2C[C@H]2c2ccccc2)C[C@H]1C(F)(F)F. The standard InChI is InChI=1S/C17H18F3NO3/c18-17(19,20)14-9-21(8-13(14)16(23)24)15(22)7-11-6-12(11)10-4-2-1-3-5-10/h1-5,11-14H,6-9H2,(H,23,24)/t11-,12-,13+,14+/m0/s1. The molecule has 1 amide bonds. The molecular formula is C17H18F3NO3. The molecule has 0 unspecified atom stereocenters. The summed E-state index contributed by atoms with van der Waals surface area (Å²) in [6, 6.07) is 9.69. The summed E-state index contributed by atoms with van der Waals surface area (Å²) in [5.41, 5.74) is 1.13. The summed E-state index contributed by atoms with van der Waals surface area (Å²) in [5.74, 6) is -5.03. The molecule has 1 heterocycles. The molecule has 0 radical (unpaired) electrons. The first-order valence-corrected chi connectivity index (χ1v) is 7.89. The minimum Gasteiger partial charge on any atom is -0.481 e. The number of alkyl halides is 3. The highest BCUT2D eigenvalue weighted by atomic mass is 19.4. The fraction of sp³-hybridized carbons (Fsp3) is 0.529. The Morgan fingerprint density at radius 1 is 1.17 bits per heavy atom. The molecular weight excluding hydrogens is 323 g/mol. The predicted molar refractivity (Wildman–Crippen MR) is 79.2 cm³/mol. The third-order valence-electron chi connectivity index (χ3n) is 5.00. The molecule has 0 spiro atoms. The summed E-state index contributed by atoms with van der Waals surface area (Å²) >= 11 is 0. The van der Waals surface area contributed by atoms with Crippen molar-refractivity contribution in [1.29, 1.82) is 0 Å². The summed E-state index contributed by atoms with van der Waals surface area (Å²) in [4.78, 5) is 24.4.